The molecule has 0 bridgehead atoms. The Labute approximate surface area is 184 Å². The molecule has 1 N–H and O–H groups in total. The molecule has 2 heterocycles. The third-order valence-corrected chi connectivity index (χ3v) is 6.38. The van der Waals surface area contributed by atoms with Crippen LogP contribution < -0.4 is 5.32 Å². The third-order valence-electron chi connectivity index (χ3n) is 6.38. The molecule has 2 aromatic rings. The Morgan fingerprint density at radius 3 is 2.13 bits per heavy atom. The monoisotopic (exact) mass is 420 g/mol. The van der Waals surface area contributed by atoms with Crippen molar-refractivity contribution in [1.29, 1.82) is 0 Å². The number of amides is 2. The van der Waals surface area contributed by atoms with Crippen LogP contribution in [-0.4, -0.2) is 71.8 Å². The summed E-state index contributed by atoms with van der Waals surface area (Å²) in [4.78, 5) is 32.2. The number of anilines is 2. The lowest BCUT2D eigenvalue weighted by Gasteiger charge is -2.39. The van der Waals surface area contributed by atoms with E-state index in [4.69, 9.17) is 0 Å². The van der Waals surface area contributed by atoms with E-state index in [1.165, 1.54) is 6.42 Å². The molecule has 1 atom stereocenters. The molecular weight excluding hydrogens is 388 g/mol. The van der Waals surface area contributed by atoms with E-state index < -0.39 is 0 Å². The second-order valence-electron chi connectivity index (χ2n) is 8.43. The number of carbonyl (C=O) groups excluding carboxylic acids is 2. The minimum Gasteiger partial charge on any atom is -0.355 e. The Morgan fingerprint density at radius 1 is 0.774 bits per heavy atom. The first-order valence-electron chi connectivity index (χ1n) is 11.4. The molecule has 31 heavy (non-hydrogen) atoms. The van der Waals surface area contributed by atoms with Crippen LogP contribution in [0, 0.1) is 0 Å². The lowest BCUT2D eigenvalue weighted by atomic mass is 10.1. The van der Waals surface area contributed by atoms with E-state index in [0.29, 0.717) is 18.7 Å². The third kappa shape index (κ3) is 5.07. The molecule has 2 aliphatic heterocycles. The summed E-state index contributed by atoms with van der Waals surface area (Å²) in [5.41, 5.74) is 2.45. The quantitative estimate of drug-likeness (QED) is 0.803. The first kappa shape index (κ1) is 21.4. The van der Waals surface area contributed by atoms with Gasteiger partial charge in [0, 0.05) is 45.0 Å². The first-order chi connectivity index (χ1) is 15.1. The van der Waals surface area contributed by atoms with Crippen molar-refractivity contribution < 1.29 is 9.59 Å². The molecule has 0 aliphatic carbocycles. The Kier molecular flexibility index (Phi) is 6.87. The highest BCUT2D eigenvalue weighted by Gasteiger charge is 2.31. The predicted molar refractivity (Wildman–Crippen MR) is 124 cm³/mol. The van der Waals surface area contributed by atoms with E-state index in [2.05, 4.69) is 10.2 Å². The zero-order valence-corrected chi connectivity index (χ0v) is 18.3. The maximum absolute atomic E-state index is 13.3. The van der Waals surface area contributed by atoms with Crippen molar-refractivity contribution in [2.45, 2.75) is 32.2 Å². The van der Waals surface area contributed by atoms with Crippen molar-refractivity contribution in [2.75, 3.05) is 44.6 Å². The molecule has 0 spiro atoms. The van der Waals surface area contributed by atoms with Gasteiger partial charge in [-0.1, -0.05) is 30.3 Å². The summed E-state index contributed by atoms with van der Waals surface area (Å²) < 4.78 is 0. The van der Waals surface area contributed by atoms with Crippen LogP contribution >= 0.6 is 0 Å². The Bertz CT molecular complexity index is 887. The van der Waals surface area contributed by atoms with E-state index in [9.17, 15) is 9.59 Å². The van der Waals surface area contributed by atoms with E-state index in [-0.39, 0.29) is 17.9 Å². The molecule has 2 amide bonds. The van der Waals surface area contributed by atoms with Crippen LogP contribution in [-0.2, 0) is 4.79 Å². The highest BCUT2D eigenvalue weighted by atomic mass is 16.2. The number of nitrogens with zero attached hydrogens (tertiary/aromatic N) is 3. The van der Waals surface area contributed by atoms with Gasteiger partial charge in [0.25, 0.3) is 5.91 Å². The summed E-state index contributed by atoms with van der Waals surface area (Å²) in [5, 5.41) is 3.36. The number of piperazine rings is 1. The molecule has 164 valence electrons. The highest BCUT2D eigenvalue weighted by Crippen LogP contribution is 2.23. The van der Waals surface area contributed by atoms with Gasteiger partial charge in [0.05, 0.1) is 17.3 Å². The number of benzene rings is 2. The van der Waals surface area contributed by atoms with Crippen LogP contribution in [0.5, 0.6) is 0 Å². The largest absolute Gasteiger partial charge is 0.355 e. The van der Waals surface area contributed by atoms with E-state index in [1.54, 1.807) is 0 Å². The maximum Gasteiger partial charge on any atom is 0.256 e. The second-order valence-corrected chi connectivity index (χ2v) is 8.43. The molecule has 6 heteroatoms. The van der Waals surface area contributed by atoms with Crippen molar-refractivity contribution in [3.8, 4) is 0 Å². The van der Waals surface area contributed by atoms with Gasteiger partial charge in [0.15, 0.2) is 0 Å². The molecule has 0 radical (unpaired) electrons. The fourth-order valence-electron chi connectivity index (χ4n) is 4.47. The topological polar surface area (TPSA) is 55.9 Å². The maximum atomic E-state index is 13.3. The van der Waals surface area contributed by atoms with Gasteiger partial charge >= 0.3 is 0 Å². The number of hydrogen-bond acceptors (Lipinski definition) is 4. The van der Waals surface area contributed by atoms with Crippen LogP contribution in [0.15, 0.2) is 54.6 Å². The average molecular weight is 421 g/mol. The summed E-state index contributed by atoms with van der Waals surface area (Å²) in [6, 6.07) is 17.4. The van der Waals surface area contributed by atoms with Gasteiger partial charge in [0.2, 0.25) is 5.91 Å². The molecule has 6 nitrogen and oxygen atoms in total. The average Bonchev–Trinajstić information content (AvgIpc) is 2.84. The molecular formula is C25H32N4O2. The van der Waals surface area contributed by atoms with Crippen LogP contribution in [0.4, 0.5) is 11.4 Å². The summed E-state index contributed by atoms with van der Waals surface area (Å²) in [6.07, 6.45) is 3.44. The smallest absolute Gasteiger partial charge is 0.256 e. The van der Waals surface area contributed by atoms with Gasteiger partial charge in [-0.2, -0.15) is 0 Å². The van der Waals surface area contributed by atoms with Gasteiger partial charge in [-0.15, -0.1) is 0 Å². The van der Waals surface area contributed by atoms with Crippen molar-refractivity contribution in [3.63, 3.8) is 0 Å². The molecule has 2 saturated heterocycles. The van der Waals surface area contributed by atoms with Crippen molar-refractivity contribution in [2.24, 2.45) is 0 Å². The lowest BCUT2D eigenvalue weighted by molar-refractivity contribution is -0.137. The number of hydrogen-bond donors (Lipinski definition) is 1. The number of rotatable bonds is 5. The minimum absolute atomic E-state index is 0.0358. The molecule has 2 aliphatic rings. The number of para-hydroxylation sites is 2. The minimum atomic E-state index is -0.123. The van der Waals surface area contributed by atoms with Gasteiger partial charge in [0.1, 0.15) is 0 Å². The molecule has 1 unspecified atom stereocenters. The molecule has 2 fully saturated rings. The summed E-state index contributed by atoms with van der Waals surface area (Å²) in [6.45, 7) is 6.49. The van der Waals surface area contributed by atoms with E-state index in [1.807, 2.05) is 71.3 Å². The fourth-order valence-corrected chi connectivity index (χ4v) is 4.47. The van der Waals surface area contributed by atoms with Crippen LogP contribution in [0.25, 0.3) is 0 Å². The molecule has 4 rings (SSSR count). The zero-order valence-electron chi connectivity index (χ0n) is 18.3. The van der Waals surface area contributed by atoms with Crippen molar-refractivity contribution >= 4 is 23.2 Å². The molecule has 0 aromatic heterocycles. The van der Waals surface area contributed by atoms with Crippen molar-refractivity contribution in [1.82, 2.24) is 14.7 Å². The highest BCUT2D eigenvalue weighted by molar-refractivity contribution is 6.00. The van der Waals surface area contributed by atoms with Gasteiger partial charge in [-0.25, -0.2) is 0 Å². The van der Waals surface area contributed by atoms with Crippen molar-refractivity contribution in [3.05, 3.63) is 60.2 Å². The van der Waals surface area contributed by atoms with Gasteiger partial charge < -0.3 is 15.1 Å². The first-order valence-corrected chi connectivity index (χ1v) is 11.4. The predicted octanol–water partition coefficient (Wildman–Crippen LogP) is 3.59. The normalized spacial score (nSPS) is 18.5. The Balaban J connectivity index is 1.37. The summed E-state index contributed by atoms with van der Waals surface area (Å²) in [7, 11) is 0. The Hall–Kier alpha value is -2.86. The van der Waals surface area contributed by atoms with Crippen LogP contribution in [0.3, 0.4) is 0 Å². The van der Waals surface area contributed by atoms with Gasteiger partial charge in [-0.05, 0) is 50.5 Å². The number of carbonyl (C=O) groups is 2. The van der Waals surface area contributed by atoms with E-state index >= 15 is 0 Å². The summed E-state index contributed by atoms with van der Waals surface area (Å²) in [5.74, 6) is 0.269. The fraction of sp³-hybridized carbons (Fsp3) is 0.440. The Morgan fingerprint density at radius 2 is 1.42 bits per heavy atom. The SMILES string of the molecule is CC(C(=O)N1CCCCC1)N1CCN(C(=O)c2ccccc2Nc2ccccc2)CC1. The van der Waals surface area contributed by atoms with Crippen LogP contribution in [0.1, 0.15) is 36.5 Å². The number of nitrogens with one attached hydrogen (secondary N) is 1. The standard InChI is InChI=1S/C25H32N4O2/c1-20(24(30)28-14-8-3-9-15-28)27-16-18-29(19-17-27)25(31)22-12-6-7-13-23(22)26-21-10-4-2-5-11-21/h2,4-7,10-13,20,26H,3,8-9,14-19H2,1H3. The van der Waals surface area contributed by atoms with E-state index in [0.717, 1.165) is 50.4 Å². The molecule has 2 aromatic carbocycles. The summed E-state index contributed by atoms with van der Waals surface area (Å²) >= 11 is 0. The lowest BCUT2D eigenvalue weighted by Crippen LogP contribution is -2.56. The second kappa shape index (κ2) is 9.96. The zero-order chi connectivity index (χ0) is 21.6. The molecule has 0 saturated carbocycles. The van der Waals surface area contributed by atoms with Gasteiger partial charge in [-0.3, -0.25) is 14.5 Å². The van der Waals surface area contributed by atoms with Crippen LogP contribution in [0.2, 0.25) is 0 Å². The number of piperidine rings is 1. The number of likely N-dealkylation sites (tertiary alicyclic amines) is 1.